The Morgan fingerprint density at radius 2 is 1.97 bits per heavy atom. The number of aliphatic carboxylic acids is 1. The first-order valence-electron chi connectivity index (χ1n) is 13.8. The van der Waals surface area contributed by atoms with Crippen LogP contribution in [0, 0.1) is 11.8 Å². The molecule has 0 spiro atoms. The van der Waals surface area contributed by atoms with Gasteiger partial charge in [-0.3, -0.25) is 9.59 Å². The second-order valence-corrected chi connectivity index (χ2v) is 11.3. The molecule has 36 heavy (non-hydrogen) atoms. The highest BCUT2D eigenvalue weighted by molar-refractivity contribution is 7.10. The standard InChI is InChI=1S/C30H43NO4S/c1-3-4-5-6-9-22(2)30(34)31-20-26-19-25(21-36-26)27-14-12-24(13-15-29(32)33)18-28(27)35-17-16-23-10-7-8-11-23/h12,14,18-19,21-23H,3-11,13,15-17,20H2,1-2H3,(H,31,34)(H,32,33). The summed E-state index contributed by atoms with van der Waals surface area (Å²) in [6.07, 6.45) is 12.6. The molecule has 1 fully saturated rings. The summed E-state index contributed by atoms with van der Waals surface area (Å²) in [5.74, 6) is 0.960. The predicted molar refractivity (Wildman–Crippen MR) is 148 cm³/mol. The molecular formula is C30H43NO4S. The summed E-state index contributed by atoms with van der Waals surface area (Å²) < 4.78 is 6.28. The molecule has 2 aromatic rings. The molecule has 1 aromatic heterocycles. The molecule has 1 heterocycles. The minimum absolute atomic E-state index is 0.0412. The van der Waals surface area contributed by atoms with Crippen LogP contribution < -0.4 is 10.1 Å². The Morgan fingerprint density at radius 1 is 1.17 bits per heavy atom. The third kappa shape index (κ3) is 9.27. The molecule has 198 valence electrons. The highest BCUT2D eigenvalue weighted by Gasteiger charge is 2.17. The highest BCUT2D eigenvalue weighted by atomic mass is 32.1. The van der Waals surface area contributed by atoms with Crippen LogP contribution in [0.25, 0.3) is 11.1 Å². The van der Waals surface area contributed by atoms with Crippen molar-refractivity contribution in [2.45, 2.75) is 97.4 Å². The normalized spacial score (nSPS) is 14.6. The van der Waals surface area contributed by atoms with Gasteiger partial charge in [0.1, 0.15) is 5.75 Å². The van der Waals surface area contributed by atoms with Gasteiger partial charge in [-0.1, -0.05) is 77.3 Å². The average molecular weight is 514 g/mol. The average Bonchev–Trinajstić information content (AvgIpc) is 3.56. The number of amides is 1. The van der Waals surface area contributed by atoms with Gasteiger partial charge in [0.05, 0.1) is 13.2 Å². The lowest BCUT2D eigenvalue weighted by Gasteiger charge is -2.15. The van der Waals surface area contributed by atoms with Gasteiger partial charge in [-0.05, 0) is 53.8 Å². The highest BCUT2D eigenvalue weighted by Crippen LogP contribution is 2.35. The number of nitrogens with one attached hydrogen (secondary N) is 1. The number of carboxylic acids is 1. The van der Waals surface area contributed by atoms with Gasteiger partial charge in [0.25, 0.3) is 0 Å². The van der Waals surface area contributed by atoms with E-state index in [4.69, 9.17) is 9.84 Å². The van der Waals surface area contributed by atoms with Crippen molar-refractivity contribution in [2.75, 3.05) is 6.61 Å². The maximum absolute atomic E-state index is 12.5. The second kappa shape index (κ2) is 15.0. The zero-order valence-electron chi connectivity index (χ0n) is 22.0. The van der Waals surface area contributed by atoms with E-state index in [1.165, 1.54) is 44.9 Å². The van der Waals surface area contributed by atoms with Crippen molar-refractivity contribution in [1.82, 2.24) is 5.32 Å². The fraction of sp³-hybridized carbons (Fsp3) is 0.600. The van der Waals surface area contributed by atoms with Crippen molar-refractivity contribution in [3.05, 3.63) is 40.1 Å². The number of carbonyl (C=O) groups is 2. The van der Waals surface area contributed by atoms with Crippen molar-refractivity contribution in [1.29, 1.82) is 0 Å². The summed E-state index contributed by atoms with van der Waals surface area (Å²) in [4.78, 5) is 24.7. The number of ether oxygens (including phenoxy) is 1. The summed E-state index contributed by atoms with van der Waals surface area (Å²) in [6.45, 7) is 5.44. The number of aryl methyl sites for hydroxylation is 1. The maximum Gasteiger partial charge on any atom is 0.303 e. The van der Waals surface area contributed by atoms with Crippen LogP contribution in [0.3, 0.4) is 0 Å². The van der Waals surface area contributed by atoms with E-state index in [-0.39, 0.29) is 18.2 Å². The minimum atomic E-state index is -0.789. The lowest BCUT2D eigenvalue weighted by atomic mass is 10.0. The number of carbonyl (C=O) groups excluding carboxylic acids is 1. The summed E-state index contributed by atoms with van der Waals surface area (Å²) in [6, 6.07) is 8.19. The first kappa shape index (κ1) is 28.2. The first-order chi connectivity index (χ1) is 17.5. The summed E-state index contributed by atoms with van der Waals surface area (Å²) in [7, 11) is 0. The van der Waals surface area contributed by atoms with Gasteiger partial charge in [0.2, 0.25) is 5.91 Å². The van der Waals surface area contributed by atoms with Crippen LogP contribution in [-0.2, 0) is 22.6 Å². The smallest absolute Gasteiger partial charge is 0.303 e. The Bertz CT molecular complexity index is 964. The van der Waals surface area contributed by atoms with E-state index in [1.54, 1.807) is 11.3 Å². The molecule has 0 bridgehead atoms. The lowest BCUT2D eigenvalue weighted by molar-refractivity contribution is -0.137. The Labute approximate surface area is 220 Å². The van der Waals surface area contributed by atoms with Gasteiger partial charge in [-0.15, -0.1) is 11.3 Å². The molecule has 1 unspecified atom stereocenters. The SMILES string of the molecule is CCCCCCC(C)C(=O)NCc1cc(-c2ccc(CCC(=O)O)cc2OCCC2CCCC2)cs1. The van der Waals surface area contributed by atoms with Crippen molar-refractivity contribution < 1.29 is 19.4 Å². The number of hydrogen-bond donors (Lipinski definition) is 2. The number of rotatable bonds is 16. The molecule has 0 aliphatic heterocycles. The molecule has 1 aliphatic rings. The van der Waals surface area contributed by atoms with Crippen molar-refractivity contribution in [2.24, 2.45) is 11.8 Å². The van der Waals surface area contributed by atoms with Crippen LogP contribution in [0.1, 0.15) is 94.9 Å². The molecule has 6 heteroatoms. The molecular weight excluding hydrogens is 470 g/mol. The topological polar surface area (TPSA) is 75.6 Å². The van der Waals surface area contributed by atoms with Crippen molar-refractivity contribution >= 4 is 23.2 Å². The Morgan fingerprint density at radius 3 is 2.72 bits per heavy atom. The van der Waals surface area contributed by atoms with Gasteiger partial charge >= 0.3 is 5.97 Å². The molecule has 1 amide bonds. The molecule has 1 saturated carbocycles. The Kier molecular flexibility index (Phi) is 11.8. The predicted octanol–water partition coefficient (Wildman–Crippen LogP) is 7.61. The fourth-order valence-corrected chi connectivity index (χ4v) is 5.76. The largest absolute Gasteiger partial charge is 0.493 e. The van der Waals surface area contributed by atoms with Crippen LogP contribution in [0.2, 0.25) is 0 Å². The fourth-order valence-electron chi connectivity index (χ4n) is 4.94. The van der Waals surface area contributed by atoms with Gasteiger partial charge in [0.15, 0.2) is 0 Å². The summed E-state index contributed by atoms with van der Waals surface area (Å²) in [5.41, 5.74) is 3.09. The number of benzene rings is 1. The van der Waals surface area contributed by atoms with E-state index in [9.17, 15) is 9.59 Å². The first-order valence-corrected chi connectivity index (χ1v) is 14.7. The zero-order valence-corrected chi connectivity index (χ0v) is 22.8. The third-order valence-corrected chi connectivity index (χ3v) is 8.21. The van der Waals surface area contributed by atoms with Crippen LogP contribution >= 0.6 is 11.3 Å². The van der Waals surface area contributed by atoms with Gasteiger partial charge in [-0.2, -0.15) is 0 Å². The molecule has 3 rings (SSSR count). The van der Waals surface area contributed by atoms with Crippen molar-refractivity contribution in [3.63, 3.8) is 0 Å². The lowest BCUT2D eigenvalue weighted by Crippen LogP contribution is -2.28. The number of carboxylic acid groups (broad SMARTS) is 1. The van der Waals surface area contributed by atoms with Crippen molar-refractivity contribution in [3.8, 4) is 16.9 Å². The second-order valence-electron chi connectivity index (χ2n) is 10.3. The van der Waals surface area contributed by atoms with E-state index >= 15 is 0 Å². The summed E-state index contributed by atoms with van der Waals surface area (Å²) in [5, 5.41) is 14.3. The van der Waals surface area contributed by atoms with Gasteiger partial charge < -0.3 is 15.2 Å². The van der Waals surface area contributed by atoms with Gasteiger partial charge in [0, 0.05) is 22.8 Å². The number of unbranched alkanes of at least 4 members (excludes halogenated alkanes) is 3. The van der Waals surface area contributed by atoms with E-state index in [0.717, 1.165) is 52.5 Å². The van der Waals surface area contributed by atoms with E-state index in [2.05, 4.69) is 23.7 Å². The quantitative estimate of drug-likeness (QED) is 0.226. The van der Waals surface area contributed by atoms with E-state index < -0.39 is 5.97 Å². The third-order valence-electron chi connectivity index (χ3n) is 7.27. The van der Waals surface area contributed by atoms with Crippen LogP contribution in [0.15, 0.2) is 29.6 Å². The molecule has 1 aromatic carbocycles. The molecule has 1 atom stereocenters. The van der Waals surface area contributed by atoms with Crippen LogP contribution in [0.4, 0.5) is 0 Å². The number of hydrogen-bond acceptors (Lipinski definition) is 4. The van der Waals surface area contributed by atoms with Crippen LogP contribution in [0.5, 0.6) is 5.75 Å². The zero-order chi connectivity index (χ0) is 25.8. The van der Waals surface area contributed by atoms with Crippen LogP contribution in [-0.4, -0.2) is 23.6 Å². The maximum atomic E-state index is 12.5. The van der Waals surface area contributed by atoms with Gasteiger partial charge in [-0.25, -0.2) is 0 Å². The molecule has 1 aliphatic carbocycles. The van der Waals surface area contributed by atoms with E-state index in [1.807, 2.05) is 25.1 Å². The molecule has 0 radical (unpaired) electrons. The Balaban J connectivity index is 1.61. The summed E-state index contributed by atoms with van der Waals surface area (Å²) >= 11 is 1.65. The monoisotopic (exact) mass is 513 g/mol. The molecule has 2 N–H and O–H groups in total. The molecule has 0 saturated heterocycles. The Hall–Kier alpha value is -2.34. The number of thiophene rings is 1. The van der Waals surface area contributed by atoms with E-state index in [0.29, 0.717) is 19.6 Å². The minimum Gasteiger partial charge on any atom is -0.493 e. The molecule has 5 nitrogen and oxygen atoms in total.